The van der Waals surface area contributed by atoms with Crippen LogP contribution >= 0.6 is 0 Å². The van der Waals surface area contributed by atoms with Gasteiger partial charge in [-0.25, -0.2) is 0 Å². The highest BCUT2D eigenvalue weighted by molar-refractivity contribution is 6.04. The number of nitrogens with one attached hydrogen (secondary N) is 1. The topological polar surface area (TPSA) is 41.6 Å². The van der Waals surface area contributed by atoms with Gasteiger partial charge >= 0.3 is 0 Å². The molecule has 1 aliphatic heterocycles. The van der Waals surface area contributed by atoms with Gasteiger partial charge in [0.25, 0.3) is 0 Å². The first-order chi connectivity index (χ1) is 9.74. The van der Waals surface area contributed by atoms with Crippen LogP contribution < -0.4 is 10.1 Å². The Hall–Kier alpha value is -2.23. The van der Waals surface area contributed by atoms with Crippen molar-refractivity contribution < 1.29 is 9.53 Å². The molecule has 0 bridgehead atoms. The molecule has 2 rings (SSSR count). The second kappa shape index (κ2) is 6.80. The van der Waals surface area contributed by atoms with Gasteiger partial charge < -0.3 is 15.0 Å². The van der Waals surface area contributed by atoms with Crippen LogP contribution in [-0.2, 0) is 0 Å². The molecule has 20 heavy (non-hydrogen) atoms. The van der Waals surface area contributed by atoms with Gasteiger partial charge in [-0.1, -0.05) is 6.08 Å². The minimum atomic E-state index is -0.00823. The van der Waals surface area contributed by atoms with E-state index in [9.17, 15) is 4.79 Å². The molecule has 0 saturated carbocycles. The number of rotatable bonds is 5. The average molecular weight is 272 g/mol. The third-order valence-corrected chi connectivity index (χ3v) is 3.24. The Morgan fingerprint density at radius 2 is 2.20 bits per heavy atom. The molecule has 106 valence electrons. The van der Waals surface area contributed by atoms with E-state index in [1.165, 1.54) is 0 Å². The predicted octanol–water partition coefficient (Wildman–Crippen LogP) is 2.20. The third kappa shape index (κ3) is 3.41. The average Bonchev–Trinajstić information content (AvgIpc) is 2.49. The van der Waals surface area contributed by atoms with Gasteiger partial charge in [-0.2, -0.15) is 0 Å². The molecule has 1 saturated heterocycles. The Kier molecular flexibility index (Phi) is 4.82. The van der Waals surface area contributed by atoms with E-state index in [0.717, 1.165) is 37.6 Å². The molecule has 4 heteroatoms. The SMILES string of the molecule is C=CCN1CCCN/C1=C\C(=O)c1ccc(OC)cc1. The fourth-order valence-corrected chi connectivity index (χ4v) is 2.17. The van der Waals surface area contributed by atoms with Gasteiger partial charge in [-0.3, -0.25) is 4.79 Å². The minimum Gasteiger partial charge on any atom is -0.497 e. The molecule has 4 nitrogen and oxygen atoms in total. The number of methoxy groups -OCH3 is 1. The molecule has 0 radical (unpaired) electrons. The van der Waals surface area contributed by atoms with Crippen molar-refractivity contribution in [2.45, 2.75) is 6.42 Å². The van der Waals surface area contributed by atoms with E-state index in [2.05, 4.69) is 16.8 Å². The third-order valence-electron chi connectivity index (χ3n) is 3.24. The first kappa shape index (κ1) is 14.2. The Bertz CT molecular complexity index is 506. The number of benzene rings is 1. The van der Waals surface area contributed by atoms with Crippen LogP contribution in [0.2, 0.25) is 0 Å². The van der Waals surface area contributed by atoms with Crippen LogP contribution in [0.25, 0.3) is 0 Å². The summed E-state index contributed by atoms with van der Waals surface area (Å²) < 4.78 is 5.09. The molecule has 0 aromatic heterocycles. The van der Waals surface area contributed by atoms with Crippen molar-refractivity contribution in [3.05, 3.63) is 54.4 Å². The van der Waals surface area contributed by atoms with Gasteiger partial charge in [0.15, 0.2) is 5.78 Å². The minimum absolute atomic E-state index is 0.00823. The van der Waals surface area contributed by atoms with Gasteiger partial charge in [-0.15, -0.1) is 6.58 Å². The van der Waals surface area contributed by atoms with Gasteiger partial charge in [0.1, 0.15) is 11.6 Å². The molecular formula is C16H20N2O2. The van der Waals surface area contributed by atoms with Crippen LogP contribution in [0.5, 0.6) is 5.75 Å². The second-order valence-electron chi connectivity index (χ2n) is 4.64. The van der Waals surface area contributed by atoms with Crippen molar-refractivity contribution in [3.63, 3.8) is 0 Å². The molecule has 1 aromatic carbocycles. The van der Waals surface area contributed by atoms with Crippen LogP contribution in [0.3, 0.4) is 0 Å². The van der Waals surface area contributed by atoms with Crippen LogP contribution in [0.1, 0.15) is 16.8 Å². The van der Waals surface area contributed by atoms with Crippen LogP contribution in [0.4, 0.5) is 0 Å². The lowest BCUT2D eigenvalue weighted by atomic mass is 10.1. The smallest absolute Gasteiger partial charge is 0.189 e. The highest BCUT2D eigenvalue weighted by Gasteiger charge is 2.14. The highest BCUT2D eigenvalue weighted by atomic mass is 16.5. The molecule has 1 aromatic rings. The normalized spacial score (nSPS) is 16.6. The van der Waals surface area contributed by atoms with Crippen LogP contribution in [0.15, 0.2) is 48.8 Å². The quantitative estimate of drug-likeness (QED) is 0.507. The molecular weight excluding hydrogens is 252 g/mol. The van der Waals surface area contributed by atoms with Crippen molar-refractivity contribution >= 4 is 5.78 Å². The number of allylic oxidation sites excluding steroid dienone is 1. The number of hydrogen-bond donors (Lipinski definition) is 1. The number of carbonyl (C=O) groups is 1. The summed E-state index contributed by atoms with van der Waals surface area (Å²) in [6.07, 6.45) is 4.57. The molecule has 1 fully saturated rings. The van der Waals surface area contributed by atoms with Gasteiger partial charge in [0.05, 0.1) is 7.11 Å². The number of ether oxygens (including phenoxy) is 1. The summed E-state index contributed by atoms with van der Waals surface area (Å²) in [5.74, 6) is 1.61. The Labute approximate surface area is 119 Å². The van der Waals surface area contributed by atoms with Gasteiger partial charge in [0, 0.05) is 31.3 Å². The first-order valence-electron chi connectivity index (χ1n) is 6.74. The Morgan fingerprint density at radius 3 is 2.85 bits per heavy atom. The molecule has 0 atom stereocenters. The van der Waals surface area contributed by atoms with Gasteiger partial charge in [0.2, 0.25) is 0 Å². The lowest BCUT2D eigenvalue weighted by molar-refractivity contribution is 0.104. The Balaban J connectivity index is 2.14. The summed E-state index contributed by atoms with van der Waals surface area (Å²) in [4.78, 5) is 14.4. The van der Waals surface area contributed by atoms with Crippen molar-refractivity contribution in [2.75, 3.05) is 26.7 Å². The van der Waals surface area contributed by atoms with Gasteiger partial charge in [-0.05, 0) is 30.7 Å². The summed E-state index contributed by atoms with van der Waals surface area (Å²) in [5, 5.41) is 3.27. The molecule has 0 spiro atoms. The van der Waals surface area contributed by atoms with E-state index >= 15 is 0 Å². The molecule has 0 amide bonds. The van der Waals surface area contributed by atoms with Crippen LogP contribution in [-0.4, -0.2) is 37.4 Å². The molecule has 1 heterocycles. The largest absolute Gasteiger partial charge is 0.497 e. The lowest BCUT2D eigenvalue weighted by Crippen LogP contribution is -2.39. The maximum atomic E-state index is 12.3. The maximum absolute atomic E-state index is 12.3. The van der Waals surface area contributed by atoms with Crippen molar-refractivity contribution in [3.8, 4) is 5.75 Å². The summed E-state index contributed by atoms with van der Waals surface area (Å²) >= 11 is 0. The summed E-state index contributed by atoms with van der Waals surface area (Å²) in [6, 6.07) is 7.14. The molecule has 0 aliphatic carbocycles. The fourth-order valence-electron chi connectivity index (χ4n) is 2.17. The van der Waals surface area contributed by atoms with Crippen LogP contribution in [0, 0.1) is 0 Å². The maximum Gasteiger partial charge on any atom is 0.189 e. The number of ketones is 1. The van der Waals surface area contributed by atoms with Crippen molar-refractivity contribution in [2.24, 2.45) is 0 Å². The summed E-state index contributed by atoms with van der Waals surface area (Å²) in [5.41, 5.74) is 0.657. The number of hydrogen-bond acceptors (Lipinski definition) is 4. The zero-order valence-electron chi connectivity index (χ0n) is 11.8. The van der Waals surface area contributed by atoms with E-state index in [4.69, 9.17) is 4.74 Å². The second-order valence-corrected chi connectivity index (χ2v) is 4.64. The standard InChI is InChI=1S/C16H20N2O2/c1-3-10-18-11-4-9-17-16(18)12-15(19)13-5-7-14(20-2)8-6-13/h3,5-8,12,17H,1,4,9-11H2,2H3/b16-12+. The molecule has 1 aliphatic rings. The number of nitrogens with zero attached hydrogens (tertiary/aromatic N) is 1. The zero-order chi connectivity index (χ0) is 14.4. The summed E-state index contributed by atoms with van der Waals surface area (Å²) in [6.45, 7) is 6.34. The Morgan fingerprint density at radius 1 is 1.45 bits per heavy atom. The van der Waals surface area contributed by atoms with E-state index in [0.29, 0.717) is 5.56 Å². The number of carbonyl (C=O) groups excluding carboxylic acids is 1. The first-order valence-corrected chi connectivity index (χ1v) is 6.74. The lowest BCUT2D eigenvalue weighted by Gasteiger charge is -2.31. The van der Waals surface area contributed by atoms with E-state index in [1.807, 2.05) is 6.08 Å². The van der Waals surface area contributed by atoms with E-state index in [1.54, 1.807) is 37.5 Å². The van der Waals surface area contributed by atoms with Crippen molar-refractivity contribution in [1.29, 1.82) is 0 Å². The van der Waals surface area contributed by atoms with Crippen molar-refractivity contribution in [1.82, 2.24) is 10.2 Å². The fraction of sp³-hybridized carbons (Fsp3) is 0.312. The monoisotopic (exact) mass is 272 g/mol. The van der Waals surface area contributed by atoms with E-state index < -0.39 is 0 Å². The zero-order valence-corrected chi connectivity index (χ0v) is 11.8. The highest BCUT2D eigenvalue weighted by Crippen LogP contribution is 2.14. The van der Waals surface area contributed by atoms with E-state index in [-0.39, 0.29) is 5.78 Å². The summed E-state index contributed by atoms with van der Waals surface area (Å²) in [7, 11) is 1.61. The molecule has 1 N–H and O–H groups in total. The predicted molar refractivity (Wildman–Crippen MR) is 79.8 cm³/mol. The molecule has 0 unspecified atom stereocenters.